The van der Waals surface area contributed by atoms with E-state index in [4.69, 9.17) is 5.73 Å². The van der Waals surface area contributed by atoms with Crippen LogP contribution >= 0.6 is 0 Å². The number of piperidine rings is 1. The summed E-state index contributed by atoms with van der Waals surface area (Å²) < 4.78 is 0. The fraction of sp³-hybridized carbons (Fsp3) is 0.676. The lowest BCUT2D eigenvalue weighted by Gasteiger charge is -2.40. The monoisotopic (exact) mass is 678 g/mol. The van der Waals surface area contributed by atoms with Gasteiger partial charge in [-0.25, -0.2) is 4.79 Å². The highest BCUT2D eigenvalue weighted by Crippen LogP contribution is 2.65. The van der Waals surface area contributed by atoms with Crippen LogP contribution in [0.2, 0.25) is 0 Å². The average Bonchev–Trinajstić information content (AvgIpc) is 3.33. The third kappa shape index (κ3) is 7.78. The molecule has 1 aliphatic heterocycles. The lowest BCUT2D eigenvalue weighted by Crippen LogP contribution is -2.65. The largest absolute Gasteiger partial charge is 0.363 e. The van der Waals surface area contributed by atoms with Crippen LogP contribution in [-0.2, 0) is 30.5 Å². The van der Waals surface area contributed by atoms with Crippen molar-refractivity contribution in [2.45, 2.75) is 123 Å². The summed E-state index contributed by atoms with van der Waals surface area (Å²) in [7, 11) is 0. The Morgan fingerprint density at radius 1 is 0.939 bits per heavy atom. The maximum atomic E-state index is 14.4. The Labute approximate surface area is 289 Å². The molecule has 12 heteroatoms. The van der Waals surface area contributed by atoms with Crippen molar-refractivity contribution in [2.24, 2.45) is 34.3 Å². The number of hydrogen-bond donors (Lipinski definition) is 5. The summed E-state index contributed by atoms with van der Waals surface area (Å²) in [5, 5.41) is 11.7. The molecule has 1 aromatic rings. The molecule has 0 radical (unpaired) electrons. The standard InChI is InChI=1S/C37H54N6O6/c1-35(2,3)29(41-34(49)42-37(17-10-7-11-18-37)33(48)39-20-23-13-8-6-9-14-23)32(47)43-21-24-26(36(24,4)5)27(43)31(46)40-25(28(44)30(38)45)19-22-15-12-16-22/h6,8-9,13-14,22,24-27,29H,7,10-12,15-21H2,1-5H3,(H2,38,45)(H,39,48)(H,40,46)(H2,41,42,49)/t24-,25?,26-,27-,29+/m0/s1. The molecule has 1 heterocycles. The first-order chi connectivity index (χ1) is 23.0. The van der Waals surface area contributed by atoms with Gasteiger partial charge in [0.25, 0.3) is 5.91 Å². The number of ketones is 1. The molecule has 6 N–H and O–H groups in total. The van der Waals surface area contributed by atoms with Crippen LogP contribution in [0.3, 0.4) is 0 Å². The Morgan fingerprint density at radius 2 is 1.59 bits per heavy atom. The van der Waals surface area contributed by atoms with Gasteiger partial charge in [-0.05, 0) is 53.4 Å². The van der Waals surface area contributed by atoms with E-state index in [1.54, 1.807) is 0 Å². The fourth-order valence-electron chi connectivity index (χ4n) is 8.25. The number of hydrogen-bond acceptors (Lipinski definition) is 6. The molecule has 5 atom stereocenters. The molecular weight excluding hydrogens is 624 g/mol. The summed E-state index contributed by atoms with van der Waals surface area (Å²) in [6, 6.07) is 6.00. The third-order valence-electron chi connectivity index (χ3n) is 11.6. The van der Waals surface area contributed by atoms with E-state index in [0.717, 1.165) is 44.1 Å². The van der Waals surface area contributed by atoms with E-state index in [0.29, 0.717) is 32.4 Å². The summed E-state index contributed by atoms with van der Waals surface area (Å²) in [6.07, 6.45) is 6.69. The van der Waals surface area contributed by atoms with Crippen LogP contribution in [0.1, 0.15) is 98.0 Å². The van der Waals surface area contributed by atoms with Crippen molar-refractivity contribution < 1.29 is 28.8 Å². The summed E-state index contributed by atoms with van der Waals surface area (Å²) in [4.78, 5) is 82.0. The van der Waals surface area contributed by atoms with Crippen molar-refractivity contribution in [3.05, 3.63) is 35.9 Å². The highest BCUT2D eigenvalue weighted by molar-refractivity contribution is 6.37. The second-order valence-corrected chi connectivity index (χ2v) is 16.4. The van der Waals surface area contributed by atoms with Gasteiger partial charge in [0.15, 0.2) is 0 Å². The Kier molecular flexibility index (Phi) is 10.5. The van der Waals surface area contributed by atoms with Gasteiger partial charge in [0.2, 0.25) is 23.5 Å². The Bertz CT molecular complexity index is 1440. The van der Waals surface area contributed by atoms with Gasteiger partial charge >= 0.3 is 6.03 Å². The summed E-state index contributed by atoms with van der Waals surface area (Å²) in [5.74, 6) is -2.94. The van der Waals surface area contributed by atoms with E-state index in [1.165, 1.54) is 4.90 Å². The quantitative estimate of drug-likeness (QED) is 0.212. The first kappa shape index (κ1) is 36.3. The molecule has 49 heavy (non-hydrogen) atoms. The molecule has 3 aliphatic carbocycles. The maximum Gasteiger partial charge on any atom is 0.316 e. The number of amides is 6. The SMILES string of the molecule is CC(C)(C)[C@H](NC(=O)NC1(C(=O)NCc2ccccc2)CCCCC1)C(=O)N1C[C@H]2[C@@H]([C@H]1C(=O)NC(CC1CCC1)C(=O)C(N)=O)C2(C)C. The predicted octanol–water partition coefficient (Wildman–Crippen LogP) is 2.93. The van der Waals surface area contributed by atoms with Crippen molar-refractivity contribution in [3.8, 4) is 0 Å². The molecule has 1 saturated heterocycles. The molecule has 0 bridgehead atoms. The minimum Gasteiger partial charge on any atom is -0.363 e. The second-order valence-electron chi connectivity index (χ2n) is 16.4. The van der Waals surface area contributed by atoms with Gasteiger partial charge in [-0.15, -0.1) is 0 Å². The van der Waals surface area contributed by atoms with Gasteiger partial charge in [-0.3, -0.25) is 24.0 Å². The van der Waals surface area contributed by atoms with Gasteiger partial charge < -0.3 is 31.9 Å². The smallest absolute Gasteiger partial charge is 0.316 e. The van der Waals surface area contributed by atoms with Crippen LogP contribution in [0.25, 0.3) is 0 Å². The highest BCUT2D eigenvalue weighted by atomic mass is 16.2. The molecule has 268 valence electrons. The molecule has 4 aliphatic rings. The number of nitrogens with one attached hydrogen (secondary N) is 4. The van der Waals surface area contributed by atoms with Crippen molar-refractivity contribution in [1.82, 2.24) is 26.2 Å². The number of Topliss-reactive ketones (excluding diaryl/α,β-unsaturated/α-hetero) is 1. The van der Waals surface area contributed by atoms with Gasteiger partial charge in [0.1, 0.15) is 17.6 Å². The molecule has 3 saturated carbocycles. The molecule has 5 rings (SSSR count). The number of carbonyl (C=O) groups excluding carboxylic acids is 6. The number of likely N-dealkylation sites (tertiary alicyclic amines) is 1. The van der Waals surface area contributed by atoms with Crippen molar-refractivity contribution in [1.29, 1.82) is 0 Å². The van der Waals surface area contributed by atoms with E-state index in [2.05, 4.69) is 35.1 Å². The van der Waals surface area contributed by atoms with Crippen LogP contribution in [0, 0.1) is 28.6 Å². The molecular formula is C37H54N6O6. The minimum atomic E-state index is -1.12. The van der Waals surface area contributed by atoms with Crippen LogP contribution in [0.15, 0.2) is 30.3 Å². The molecule has 12 nitrogen and oxygen atoms in total. The van der Waals surface area contributed by atoms with E-state index in [9.17, 15) is 28.8 Å². The van der Waals surface area contributed by atoms with E-state index < -0.39 is 58.6 Å². The van der Waals surface area contributed by atoms with Crippen LogP contribution in [0.4, 0.5) is 4.79 Å². The summed E-state index contributed by atoms with van der Waals surface area (Å²) in [5.41, 5.74) is 4.24. The topological polar surface area (TPSA) is 180 Å². The average molecular weight is 679 g/mol. The van der Waals surface area contributed by atoms with Crippen molar-refractivity contribution in [2.75, 3.05) is 6.54 Å². The van der Waals surface area contributed by atoms with Crippen LogP contribution in [-0.4, -0.2) is 70.6 Å². The van der Waals surface area contributed by atoms with Crippen molar-refractivity contribution in [3.63, 3.8) is 0 Å². The Morgan fingerprint density at radius 3 is 2.16 bits per heavy atom. The molecule has 1 unspecified atom stereocenters. The molecule has 6 amide bonds. The highest BCUT2D eigenvalue weighted by Gasteiger charge is 2.70. The number of urea groups is 1. The number of primary amides is 1. The van der Waals surface area contributed by atoms with Gasteiger partial charge in [-0.1, -0.05) is 103 Å². The molecule has 0 aromatic heterocycles. The fourth-order valence-corrected chi connectivity index (χ4v) is 8.25. The maximum absolute atomic E-state index is 14.4. The number of fused-ring (bicyclic) bond motifs is 1. The molecule has 1 aromatic carbocycles. The number of benzene rings is 1. The lowest BCUT2D eigenvalue weighted by molar-refractivity contribution is -0.145. The van der Waals surface area contributed by atoms with Crippen LogP contribution in [0.5, 0.6) is 0 Å². The number of nitrogens with two attached hydrogens (primary N) is 1. The zero-order valence-corrected chi connectivity index (χ0v) is 29.6. The van der Waals surface area contributed by atoms with Gasteiger partial charge in [0, 0.05) is 13.1 Å². The van der Waals surface area contributed by atoms with E-state index in [-0.39, 0.29) is 29.1 Å². The van der Waals surface area contributed by atoms with Gasteiger partial charge in [0.05, 0.1) is 6.04 Å². The summed E-state index contributed by atoms with van der Waals surface area (Å²) >= 11 is 0. The molecule has 4 fully saturated rings. The first-order valence-electron chi connectivity index (χ1n) is 17.9. The number of carbonyl (C=O) groups is 6. The van der Waals surface area contributed by atoms with Gasteiger partial charge in [-0.2, -0.15) is 0 Å². The number of nitrogens with zero attached hydrogens (tertiary/aromatic N) is 1. The number of rotatable bonds is 12. The zero-order valence-electron chi connectivity index (χ0n) is 29.6. The third-order valence-corrected chi connectivity index (χ3v) is 11.6. The Hall–Kier alpha value is -3.96. The second kappa shape index (κ2) is 14.1. The minimum absolute atomic E-state index is 0.0670. The van der Waals surface area contributed by atoms with Crippen molar-refractivity contribution >= 4 is 35.4 Å². The predicted molar refractivity (Wildman–Crippen MR) is 183 cm³/mol. The summed E-state index contributed by atoms with van der Waals surface area (Å²) in [6.45, 7) is 10.3. The van der Waals surface area contributed by atoms with E-state index in [1.807, 2.05) is 51.1 Å². The molecule has 0 spiro atoms. The normalized spacial score (nSPS) is 25.1. The zero-order chi connectivity index (χ0) is 35.7. The first-order valence-corrected chi connectivity index (χ1v) is 17.9. The van der Waals surface area contributed by atoms with E-state index >= 15 is 0 Å². The van der Waals surface area contributed by atoms with Crippen LogP contribution < -0.4 is 27.0 Å². The lowest BCUT2D eigenvalue weighted by atomic mass is 9.80. The Balaban J connectivity index is 1.31.